The third-order valence-electron chi connectivity index (χ3n) is 6.79. The van der Waals surface area contributed by atoms with E-state index in [1.165, 1.54) is 0 Å². The van der Waals surface area contributed by atoms with Crippen LogP contribution in [0.1, 0.15) is 36.9 Å². The highest BCUT2D eigenvalue weighted by Crippen LogP contribution is 2.26. The number of oxime groups is 1. The van der Waals surface area contributed by atoms with Crippen molar-refractivity contribution in [2.75, 3.05) is 37.6 Å². The Morgan fingerprint density at radius 2 is 1.76 bits per heavy atom. The first-order valence-corrected chi connectivity index (χ1v) is 11.7. The van der Waals surface area contributed by atoms with Gasteiger partial charge in [-0.05, 0) is 68.6 Å². The fourth-order valence-electron chi connectivity index (χ4n) is 4.92. The second kappa shape index (κ2) is 10.6. The quantitative estimate of drug-likeness (QED) is 0.348. The molecule has 0 bridgehead atoms. The maximum atomic E-state index is 13.1. The predicted octanol–water partition coefficient (Wildman–Crippen LogP) is 2.16. The average Bonchev–Trinajstić information content (AvgIpc) is 2.83. The lowest BCUT2D eigenvalue weighted by atomic mass is 9.88. The van der Waals surface area contributed by atoms with Crippen LogP contribution < -0.4 is 11.5 Å². The lowest BCUT2D eigenvalue weighted by Gasteiger charge is -2.37. The van der Waals surface area contributed by atoms with E-state index in [1.807, 2.05) is 29.2 Å². The first-order chi connectivity index (χ1) is 16.0. The SMILES string of the molecule is Nc1cc(CN2CCC(C(=O)N3CCC(/C(Cc4cccc(N)n4)=N\O)CC3)CC2)ccn1. The van der Waals surface area contributed by atoms with Crippen molar-refractivity contribution in [3.63, 3.8) is 0 Å². The highest BCUT2D eigenvalue weighted by atomic mass is 16.4. The normalized spacial score (nSPS) is 19.0. The van der Waals surface area contributed by atoms with Gasteiger partial charge in [0, 0.05) is 49.8 Å². The number of nitrogen functional groups attached to an aromatic ring is 2. The Bertz CT molecular complexity index is 980. The molecule has 2 aromatic rings. The van der Waals surface area contributed by atoms with Crippen LogP contribution in [0.3, 0.4) is 0 Å². The predicted molar refractivity (Wildman–Crippen MR) is 128 cm³/mol. The Balaban J connectivity index is 1.24. The van der Waals surface area contributed by atoms with Gasteiger partial charge in [0.25, 0.3) is 0 Å². The van der Waals surface area contributed by atoms with Crippen molar-refractivity contribution >= 4 is 23.3 Å². The number of likely N-dealkylation sites (tertiary alicyclic amines) is 2. The topological polar surface area (TPSA) is 134 Å². The Labute approximate surface area is 194 Å². The highest BCUT2D eigenvalue weighted by molar-refractivity contribution is 5.88. The Kier molecular flexibility index (Phi) is 7.39. The summed E-state index contributed by atoms with van der Waals surface area (Å²) in [5.74, 6) is 1.50. The van der Waals surface area contributed by atoms with Gasteiger partial charge in [0.1, 0.15) is 11.6 Å². The molecule has 0 unspecified atom stereocenters. The number of nitrogens with zero attached hydrogens (tertiary/aromatic N) is 5. The van der Waals surface area contributed by atoms with Crippen molar-refractivity contribution in [1.82, 2.24) is 19.8 Å². The number of hydrogen-bond acceptors (Lipinski definition) is 8. The zero-order valence-corrected chi connectivity index (χ0v) is 18.9. The molecular weight excluding hydrogens is 418 g/mol. The van der Waals surface area contributed by atoms with Crippen LogP contribution in [-0.4, -0.2) is 62.8 Å². The number of carbonyl (C=O) groups excluding carboxylic acids is 1. The van der Waals surface area contributed by atoms with E-state index in [9.17, 15) is 10.0 Å². The van der Waals surface area contributed by atoms with Crippen molar-refractivity contribution in [2.24, 2.45) is 17.0 Å². The van der Waals surface area contributed by atoms with E-state index in [1.54, 1.807) is 12.3 Å². The number of amides is 1. The standard InChI is InChI=1S/C24H33N7O2/c25-22-3-1-2-20(28-22)15-21(29-33)18-7-12-31(13-8-18)24(32)19-5-10-30(11-6-19)16-17-4-9-27-23(26)14-17/h1-4,9,14,18-19,33H,5-8,10-13,15-16H2,(H2,25,28)(H2,26,27)/b29-21-. The molecule has 33 heavy (non-hydrogen) atoms. The fraction of sp³-hybridized carbons (Fsp3) is 0.500. The minimum absolute atomic E-state index is 0.0859. The Hall–Kier alpha value is -3.20. The molecule has 9 nitrogen and oxygen atoms in total. The smallest absolute Gasteiger partial charge is 0.225 e. The first-order valence-electron chi connectivity index (χ1n) is 11.7. The molecule has 0 saturated carbocycles. The van der Waals surface area contributed by atoms with Crippen LogP contribution in [0.4, 0.5) is 11.6 Å². The van der Waals surface area contributed by atoms with Crippen molar-refractivity contribution in [1.29, 1.82) is 0 Å². The lowest BCUT2D eigenvalue weighted by Crippen LogP contribution is -2.46. The van der Waals surface area contributed by atoms with Gasteiger partial charge in [0.2, 0.25) is 5.91 Å². The van der Waals surface area contributed by atoms with E-state index in [4.69, 9.17) is 11.5 Å². The third-order valence-corrected chi connectivity index (χ3v) is 6.79. The first kappa shape index (κ1) is 23.0. The summed E-state index contributed by atoms with van der Waals surface area (Å²) in [5.41, 5.74) is 14.2. The van der Waals surface area contributed by atoms with Crippen LogP contribution >= 0.6 is 0 Å². The number of nitrogens with two attached hydrogens (primary N) is 2. The molecule has 0 atom stereocenters. The monoisotopic (exact) mass is 451 g/mol. The molecule has 0 radical (unpaired) electrons. The number of aromatic nitrogens is 2. The number of piperidine rings is 2. The van der Waals surface area contributed by atoms with E-state index < -0.39 is 0 Å². The molecule has 0 aromatic carbocycles. The summed E-state index contributed by atoms with van der Waals surface area (Å²) >= 11 is 0. The zero-order valence-electron chi connectivity index (χ0n) is 18.9. The van der Waals surface area contributed by atoms with Crippen molar-refractivity contribution in [3.05, 3.63) is 47.8 Å². The van der Waals surface area contributed by atoms with Crippen LogP contribution in [-0.2, 0) is 17.8 Å². The molecule has 9 heteroatoms. The number of anilines is 2. The molecule has 4 heterocycles. The molecule has 5 N–H and O–H groups in total. The van der Waals surface area contributed by atoms with Gasteiger partial charge >= 0.3 is 0 Å². The number of hydrogen-bond donors (Lipinski definition) is 3. The summed E-state index contributed by atoms with van der Waals surface area (Å²) in [7, 11) is 0. The maximum Gasteiger partial charge on any atom is 0.225 e. The van der Waals surface area contributed by atoms with Crippen LogP contribution in [0, 0.1) is 11.8 Å². The van der Waals surface area contributed by atoms with E-state index in [0.717, 1.165) is 56.6 Å². The molecule has 0 aliphatic carbocycles. The molecule has 2 aromatic heterocycles. The van der Waals surface area contributed by atoms with Crippen LogP contribution in [0.15, 0.2) is 41.7 Å². The molecule has 176 valence electrons. The Morgan fingerprint density at radius 1 is 1.03 bits per heavy atom. The van der Waals surface area contributed by atoms with Gasteiger partial charge in [-0.15, -0.1) is 0 Å². The maximum absolute atomic E-state index is 13.1. The van der Waals surface area contributed by atoms with Crippen LogP contribution in [0.2, 0.25) is 0 Å². The zero-order chi connectivity index (χ0) is 23.2. The molecule has 2 fully saturated rings. The second-order valence-corrected chi connectivity index (χ2v) is 9.06. The van der Waals surface area contributed by atoms with Crippen LogP contribution in [0.25, 0.3) is 0 Å². The number of rotatable bonds is 6. The van der Waals surface area contributed by atoms with Crippen molar-refractivity contribution in [3.8, 4) is 0 Å². The molecule has 2 aliphatic rings. The fourth-order valence-corrected chi connectivity index (χ4v) is 4.92. The van der Waals surface area contributed by atoms with E-state index in [0.29, 0.717) is 36.9 Å². The van der Waals surface area contributed by atoms with Gasteiger partial charge in [-0.1, -0.05) is 11.2 Å². The second-order valence-electron chi connectivity index (χ2n) is 9.06. The van der Waals surface area contributed by atoms with Gasteiger partial charge in [-0.2, -0.15) is 0 Å². The summed E-state index contributed by atoms with van der Waals surface area (Å²) in [6.07, 6.45) is 5.57. The molecule has 2 aliphatic heterocycles. The molecule has 2 saturated heterocycles. The van der Waals surface area contributed by atoms with Crippen molar-refractivity contribution in [2.45, 2.75) is 38.6 Å². The molecule has 0 spiro atoms. The van der Waals surface area contributed by atoms with Gasteiger partial charge in [0.05, 0.1) is 5.71 Å². The Morgan fingerprint density at radius 3 is 2.42 bits per heavy atom. The number of pyridine rings is 2. The molecular formula is C24H33N7O2. The van der Waals surface area contributed by atoms with Gasteiger partial charge in [-0.25, -0.2) is 9.97 Å². The average molecular weight is 452 g/mol. The summed E-state index contributed by atoms with van der Waals surface area (Å²) < 4.78 is 0. The lowest BCUT2D eigenvalue weighted by molar-refractivity contribution is -0.138. The largest absolute Gasteiger partial charge is 0.411 e. The number of carbonyl (C=O) groups is 1. The summed E-state index contributed by atoms with van der Waals surface area (Å²) in [5, 5.41) is 13.1. The van der Waals surface area contributed by atoms with E-state index >= 15 is 0 Å². The third kappa shape index (κ3) is 5.98. The van der Waals surface area contributed by atoms with Gasteiger partial charge < -0.3 is 21.6 Å². The summed E-state index contributed by atoms with van der Waals surface area (Å²) in [6.45, 7) is 4.05. The molecule has 4 rings (SSSR count). The summed E-state index contributed by atoms with van der Waals surface area (Å²) in [4.78, 5) is 25.8. The van der Waals surface area contributed by atoms with Gasteiger partial charge in [-0.3, -0.25) is 9.69 Å². The minimum atomic E-state index is 0.0859. The minimum Gasteiger partial charge on any atom is -0.411 e. The molecule has 1 amide bonds. The van der Waals surface area contributed by atoms with E-state index in [-0.39, 0.29) is 17.7 Å². The van der Waals surface area contributed by atoms with Gasteiger partial charge in [0.15, 0.2) is 0 Å². The summed E-state index contributed by atoms with van der Waals surface area (Å²) in [6, 6.07) is 9.38. The highest BCUT2D eigenvalue weighted by Gasteiger charge is 2.32. The van der Waals surface area contributed by atoms with Crippen molar-refractivity contribution < 1.29 is 10.0 Å². The van der Waals surface area contributed by atoms with E-state index in [2.05, 4.69) is 20.0 Å². The van der Waals surface area contributed by atoms with Crippen LogP contribution in [0.5, 0.6) is 0 Å².